The van der Waals surface area contributed by atoms with Crippen LogP contribution in [0.2, 0.25) is 0 Å². The Morgan fingerprint density at radius 3 is 2.46 bits per heavy atom. The molecule has 1 aromatic carbocycles. The normalized spacial score (nSPS) is 19.8. The zero-order valence-electron chi connectivity index (χ0n) is 14.6. The third-order valence-corrected chi connectivity index (χ3v) is 6.18. The molecule has 0 aromatic heterocycles. The minimum absolute atomic E-state index is 0.136. The zero-order valence-corrected chi connectivity index (χ0v) is 15.4. The van der Waals surface area contributed by atoms with Gasteiger partial charge in [0.1, 0.15) is 0 Å². The first-order chi connectivity index (χ1) is 11.2. The van der Waals surface area contributed by atoms with E-state index in [2.05, 4.69) is 11.9 Å². The highest BCUT2D eigenvalue weighted by Gasteiger charge is 2.42. The molecule has 0 spiro atoms. The van der Waals surface area contributed by atoms with Gasteiger partial charge in [-0.25, -0.2) is 8.42 Å². The number of nitrogens with zero attached hydrogens (tertiary/aromatic N) is 1. The highest BCUT2D eigenvalue weighted by Crippen LogP contribution is 2.30. The first kappa shape index (κ1) is 18.7. The zero-order chi connectivity index (χ0) is 18.0. The number of rotatable bonds is 5. The van der Waals surface area contributed by atoms with E-state index in [0.717, 1.165) is 18.4 Å². The number of aryl methyl sites for hydroxylation is 1. The Balaban J connectivity index is 2.32. The smallest absolute Gasteiger partial charge is 0.243 e. The number of carbonyl (C=O) groups excluding carboxylic acids is 1. The largest absolute Gasteiger partial charge is 0.353 e. The van der Waals surface area contributed by atoms with Crippen LogP contribution < -0.4 is 5.32 Å². The molecule has 6 heteroatoms. The van der Waals surface area contributed by atoms with E-state index in [-0.39, 0.29) is 28.8 Å². The van der Waals surface area contributed by atoms with Crippen molar-refractivity contribution in [1.29, 1.82) is 0 Å². The molecule has 1 aromatic rings. The van der Waals surface area contributed by atoms with Crippen LogP contribution in [0.5, 0.6) is 0 Å². The van der Waals surface area contributed by atoms with E-state index >= 15 is 0 Å². The molecule has 0 radical (unpaired) electrons. The SMILES string of the molecule is C=CCCc1ccc(S(=O)(=O)N2CC(=O)NCC2C(C)(C)C)cc1. The summed E-state index contributed by atoms with van der Waals surface area (Å²) in [6.45, 7) is 9.83. The number of hydrogen-bond acceptors (Lipinski definition) is 3. The Morgan fingerprint density at radius 1 is 1.29 bits per heavy atom. The van der Waals surface area contributed by atoms with Gasteiger partial charge in [-0.3, -0.25) is 4.79 Å². The van der Waals surface area contributed by atoms with Crippen LogP contribution in [-0.4, -0.2) is 37.8 Å². The van der Waals surface area contributed by atoms with Gasteiger partial charge in [0.05, 0.1) is 11.4 Å². The number of nitrogens with one attached hydrogen (secondary N) is 1. The molecular formula is C18H26N2O3S. The van der Waals surface area contributed by atoms with Crippen LogP contribution in [0.25, 0.3) is 0 Å². The van der Waals surface area contributed by atoms with Gasteiger partial charge in [-0.2, -0.15) is 4.31 Å². The summed E-state index contributed by atoms with van der Waals surface area (Å²) in [6.07, 6.45) is 3.52. The molecule has 24 heavy (non-hydrogen) atoms. The number of piperazine rings is 1. The summed E-state index contributed by atoms with van der Waals surface area (Å²) in [4.78, 5) is 12.0. The maximum Gasteiger partial charge on any atom is 0.243 e. The summed E-state index contributed by atoms with van der Waals surface area (Å²) in [5.74, 6) is -0.262. The number of carbonyl (C=O) groups is 1. The Labute approximate surface area is 144 Å². The van der Waals surface area contributed by atoms with Gasteiger partial charge in [-0.15, -0.1) is 6.58 Å². The molecule has 1 aliphatic rings. The highest BCUT2D eigenvalue weighted by atomic mass is 32.2. The van der Waals surface area contributed by atoms with Gasteiger partial charge in [0.25, 0.3) is 0 Å². The third-order valence-electron chi connectivity index (χ3n) is 4.31. The molecule has 0 bridgehead atoms. The molecule has 1 saturated heterocycles. The standard InChI is InChI=1S/C18H26N2O3S/c1-5-6-7-14-8-10-15(11-9-14)24(22,23)20-13-17(21)19-12-16(20)18(2,3)4/h5,8-11,16H,1,6-7,12-13H2,2-4H3,(H,19,21). The Hall–Kier alpha value is -1.66. The predicted octanol–water partition coefficient (Wildman–Crippen LogP) is 2.34. The Kier molecular flexibility index (Phi) is 5.50. The minimum atomic E-state index is -3.71. The molecule has 132 valence electrons. The summed E-state index contributed by atoms with van der Waals surface area (Å²) in [5, 5.41) is 2.77. The van der Waals surface area contributed by atoms with Gasteiger partial charge < -0.3 is 5.32 Å². The lowest BCUT2D eigenvalue weighted by atomic mass is 9.86. The fraction of sp³-hybridized carbons (Fsp3) is 0.500. The number of sulfonamides is 1. The number of allylic oxidation sites excluding steroid dienone is 1. The van der Waals surface area contributed by atoms with E-state index in [1.165, 1.54) is 4.31 Å². The van der Waals surface area contributed by atoms with Gasteiger partial charge >= 0.3 is 0 Å². The van der Waals surface area contributed by atoms with E-state index < -0.39 is 10.0 Å². The van der Waals surface area contributed by atoms with Crippen LogP contribution in [0, 0.1) is 5.41 Å². The average molecular weight is 350 g/mol. The van der Waals surface area contributed by atoms with E-state index in [4.69, 9.17) is 0 Å². The second-order valence-corrected chi connectivity index (χ2v) is 9.10. The third kappa shape index (κ3) is 4.05. The molecule has 1 amide bonds. The monoisotopic (exact) mass is 350 g/mol. The molecule has 0 aliphatic carbocycles. The lowest BCUT2D eigenvalue weighted by Crippen LogP contribution is -2.60. The van der Waals surface area contributed by atoms with Crippen LogP contribution >= 0.6 is 0 Å². The fourth-order valence-electron chi connectivity index (χ4n) is 2.84. The van der Waals surface area contributed by atoms with E-state index in [0.29, 0.717) is 6.54 Å². The maximum atomic E-state index is 13.0. The van der Waals surface area contributed by atoms with E-state index in [9.17, 15) is 13.2 Å². The Morgan fingerprint density at radius 2 is 1.92 bits per heavy atom. The first-order valence-electron chi connectivity index (χ1n) is 8.14. The minimum Gasteiger partial charge on any atom is -0.353 e. The van der Waals surface area contributed by atoms with Gasteiger partial charge in [0.15, 0.2) is 0 Å². The Bertz CT molecular complexity index is 703. The topological polar surface area (TPSA) is 66.5 Å². The number of benzene rings is 1. The van der Waals surface area contributed by atoms with Crippen LogP contribution in [0.3, 0.4) is 0 Å². The lowest BCUT2D eigenvalue weighted by Gasteiger charge is -2.41. The summed E-state index contributed by atoms with van der Waals surface area (Å²) in [7, 11) is -3.71. The quantitative estimate of drug-likeness (QED) is 0.829. The summed E-state index contributed by atoms with van der Waals surface area (Å²) >= 11 is 0. The second kappa shape index (κ2) is 7.07. The van der Waals surface area contributed by atoms with Crippen LogP contribution in [0.1, 0.15) is 32.8 Å². The van der Waals surface area contributed by atoms with Gasteiger partial charge in [0.2, 0.25) is 15.9 Å². The molecule has 5 nitrogen and oxygen atoms in total. The molecule has 1 aliphatic heterocycles. The molecule has 1 fully saturated rings. The van der Waals surface area contributed by atoms with Crippen molar-refractivity contribution in [1.82, 2.24) is 9.62 Å². The molecule has 0 saturated carbocycles. The van der Waals surface area contributed by atoms with Gasteiger partial charge in [0, 0.05) is 12.6 Å². The van der Waals surface area contributed by atoms with Crippen molar-refractivity contribution in [3.8, 4) is 0 Å². The second-order valence-electron chi connectivity index (χ2n) is 7.21. The average Bonchev–Trinajstić information content (AvgIpc) is 2.52. The molecule has 1 atom stereocenters. The summed E-state index contributed by atoms with van der Waals surface area (Å²) in [6, 6.07) is 6.62. The number of hydrogen-bond donors (Lipinski definition) is 1. The van der Waals surface area contributed by atoms with Crippen LogP contribution in [0.4, 0.5) is 0 Å². The summed E-state index contributed by atoms with van der Waals surface area (Å²) < 4.78 is 27.4. The maximum absolute atomic E-state index is 13.0. The van der Waals surface area contributed by atoms with Gasteiger partial charge in [-0.05, 0) is 36.0 Å². The van der Waals surface area contributed by atoms with Crippen molar-refractivity contribution in [2.45, 2.75) is 44.6 Å². The van der Waals surface area contributed by atoms with Crippen molar-refractivity contribution in [2.75, 3.05) is 13.1 Å². The predicted molar refractivity (Wildman–Crippen MR) is 95.1 cm³/mol. The van der Waals surface area contributed by atoms with E-state index in [1.54, 1.807) is 12.1 Å². The fourth-order valence-corrected chi connectivity index (χ4v) is 4.61. The molecule has 1 heterocycles. The van der Waals surface area contributed by atoms with E-state index in [1.807, 2.05) is 39.0 Å². The molecule has 2 rings (SSSR count). The van der Waals surface area contributed by atoms with Crippen molar-refractivity contribution < 1.29 is 13.2 Å². The first-order valence-corrected chi connectivity index (χ1v) is 9.58. The highest BCUT2D eigenvalue weighted by molar-refractivity contribution is 7.89. The van der Waals surface area contributed by atoms with Crippen molar-refractivity contribution in [3.05, 3.63) is 42.5 Å². The molecular weight excluding hydrogens is 324 g/mol. The van der Waals surface area contributed by atoms with Gasteiger partial charge in [-0.1, -0.05) is 39.0 Å². The molecule has 1 N–H and O–H groups in total. The van der Waals surface area contributed by atoms with Crippen LogP contribution in [-0.2, 0) is 21.2 Å². The van der Waals surface area contributed by atoms with Crippen LogP contribution in [0.15, 0.2) is 41.8 Å². The lowest BCUT2D eigenvalue weighted by molar-refractivity contribution is -0.124. The van der Waals surface area contributed by atoms with Crippen molar-refractivity contribution in [2.24, 2.45) is 5.41 Å². The van der Waals surface area contributed by atoms with Crippen molar-refractivity contribution >= 4 is 15.9 Å². The summed E-state index contributed by atoms with van der Waals surface area (Å²) in [5.41, 5.74) is 0.794. The van der Waals surface area contributed by atoms with Crippen molar-refractivity contribution in [3.63, 3.8) is 0 Å². The number of amides is 1. The molecule has 1 unspecified atom stereocenters.